The van der Waals surface area contributed by atoms with E-state index < -0.39 is 18.3 Å². The van der Waals surface area contributed by atoms with Crippen LogP contribution < -0.4 is 4.90 Å². The molecule has 2 fully saturated rings. The third kappa shape index (κ3) is 2.70. The number of urea groups is 1. The summed E-state index contributed by atoms with van der Waals surface area (Å²) >= 11 is 1.29. The van der Waals surface area contributed by atoms with Gasteiger partial charge in [-0.3, -0.25) is 0 Å². The first-order chi connectivity index (χ1) is 10.1. The van der Waals surface area contributed by atoms with Crippen molar-refractivity contribution in [2.75, 3.05) is 25.1 Å². The summed E-state index contributed by atoms with van der Waals surface area (Å²) in [4.78, 5) is 27.1. The number of anilines is 1. The number of hydrogen-bond donors (Lipinski definition) is 0. The number of likely N-dealkylation sites (N-methyl/N-ethyl adjacent to an activating group) is 1. The summed E-state index contributed by atoms with van der Waals surface area (Å²) in [6.07, 6.45) is 0.297. The predicted octanol–water partition coefficient (Wildman–Crippen LogP) is 0.767. The lowest BCUT2D eigenvalue weighted by atomic mass is 10.2. The Hall–Kier alpha value is -1.74. The maximum atomic E-state index is 12.2. The normalized spacial score (nSPS) is 25.7. The van der Waals surface area contributed by atoms with Crippen LogP contribution >= 0.6 is 11.3 Å². The van der Waals surface area contributed by atoms with Gasteiger partial charge in [0.15, 0.2) is 6.10 Å². The van der Waals surface area contributed by atoms with Crippen LogP contribution in [-0.4, -0.2) is 59.6 Å². The average Bonchev–Trinajstić information content (AvgIpc) is 3.13. The maximum Gasteiger partial charge on any atom is 0.337 e. The van der Waals surface area contributed by atoms with E-state index in [1.165, 1.54) is 21.1 Å². The van der Waals surface area contributed by atoms with Gasteiger partial charge in [-0.15, -0.1) is 10.2 Å². The fourth-order valence-electron chi connectivity index (χ4n) is 2.35. The Kier molecular flexibility index (Phi) is 3.77. The molecule has 114 valence electrons. The first kappa shape index (κ1) is 14.2. The highest BCUT2D eigenvalue weighted by Crippen LogP contribution is 2.28. The van der Waals surface area contributed by atoms with Crippen LogP contribution in [0.25, 0.3) is 0 Å². The number of aromatic nitrogens is 2. The molecule has 0 aliphatic carbocycles. The summed E-state index contributed by atoms with van der Waals surface area (Å²) in [5.74, 6) is -0.424. The molecule has 21 heavy (non-hydrogen) atoms. The molecule has 2 amide bonds. The molecule has 0 saturated carbocycles. The Morgan fingerprint density at radius 2 is 2.29 bits per heavy atom. The molecule has 1 aromatic rings. The Morgan fingerprint density at radius 1 is 1.48 bits per heavy atom. The molecule has 2 saturated heterocycles. The van der Waals surface area contributed by atoms with Crippen LogP contribution in [0.1, 0.15) is 17.8 Å². The average molecular weight is 312 g/mol. The second-order valence-corrected chi connectivity index (χ2v) is 6.19. The quantitative estimate of drug-likeness (QED) is 0.766. The Balaban J connectivity index is 1.76. The van der Waals surface area contributed by atoms with Crippen molar-refractivity contribution >= 4 is 28.5 Å². The topological polar surface area (TPSA) is 84.9 Å². The zero-order valence-electron chi connectivity index (χ0n) is 11.8. The molecular weight excluding hydrogens is 296 g/mol. The molecule has 2 unspecified atom stereocenters. The molecule has 2 atom stereocenters. The number of hydrogen-bond acceptors (Lipinski definition) is 7. The van der Waals surface area contributed by atoms with E-state index in [9.17, 15) is 9.59 Å². The lowest BCUT2D eigenvalue weighted by Crippen LogP contribution is -2.39. The Labute approximate surface area is 125 Å². The smallest absolute Gasteiger partial charge is 0.337 e. The predicted molar refractivity (Wildman–Crippen MR) is 74.0 cm³/mol. The van der Waals surface area contributed by atoms with E-state index in [0.717, 1.165) is 11.4 Å². The van der Waals surface area contributed by atoms with E-state index >= 15 is 0 Å². The minimum Gasteiger partial charge on any atom is -0.437 e. The van der Waals surface area contributed by atoms with Crippen LogP contribution in [0.3, 0.4) is 0 Å². The number of amides is 2. The van der Waals surface area contributed by atoms with Gasteiger partial charge in [-0.05, 0) is 19.8 Å². The molecule has 0 aromatic carbocycles. The van der Waals surface area contributed by atoms with Gasteiger partial charge in [-0.2, -0.15) is 0 Å². The first-order valence-electron chi connectivity index (χ1n) is 6.73. The first-order valence-corrected chi connectivity index (χ1v) is 7.54. The van der Waals surface area contributed by atoms with Gasteiger partial charge >= 0.3 is 12.0 Å². The van der Waals surface area contributed by atoms with Gasteiger partial charge in [-0.25, -0.2) is 14.5 Å². The van der Waals surface area contributed by atoms with Gasteiger partial charge < -0.3 is 14.4 Å². The van der Waals surface area contributed by atoms with Crippen molar-refractivity contribution in [1.29, 1.82) is 0 Å². The summed E-state index contributed by atoms with van der Waals surface area (Å²) in [6.45, 7) is 2.68. The summed E-state index contributed by atoms with van der Waals surface area (Å²) in [7, 11) is 1.66. The highest BCUT2D eigenvalue weighted by molar-refractivity contribution is 7.15. The highest BCUT2D eigenvalue weighted by Gasteiger charge is 2.42. The third-order valence-corrected chi connectivity index (χ3v) is 4.25. The van der Waals surface area contributed by atoms with Crippen LogP contribution in [0.15, 0.2) is 0 Å². The second-order valence-electron chi connectivity index (χ2n) is 5.03. The summed E-state index contributed by atoms with van der Waals surface area (Å²) in [5.41, 5.74) is 0. The molecule has 2 aliphatic heterocycles. The van der Waals surface area contributed by atoms with E-state index in [2.05, 4.69) is 10.2 Å². The number of nitrogens with zero attached hydrogens (tertiary/aromatic N) is 4. The van der Waals surface area contributed by atoms with Gasteiger partial charge in [0.2, 0.25) is 11.4 Å². The lowest BCUT2D eigenvalue weighted by molar-refractivity contribution is -0.158. The van der Waals surface area contributed by atoms with Crippen molar-refractivity contribution in [3.8, 4) is 0 Å². The number of ether oxygens (including phenoxy) is 2. The second kappa shape index (κ2) is 5.57. The minimum atomic E-state index is -0.688. The number of aryl methyl sites for hydroxylation is 1. The van der Waals surface area contributed by atoms with Crippen LogP contribution in [0.2, 0.25) is 0 Å². The van der Waals surface area contributed by atoms with E-state index in [0.29, 0.717) is 24.7 Å². The molecule has 3 rings (SSSR count). The minimum absolute atomic E-state index is 0.253. The van der Waals surface area contributed by atoms with E-state index in [-0.39, 0.29) is 6.03 Å². The molecule has 3 heterocycles. The fourth-order valence-corrected chi connectivity index (χ4v) is 3.07. The van der Waals surface area contributed by atoms with E-state index in [1.807, 2.05) is 0 Å². The maximum absolute atomic E-state index is 12.2. The largest absolute Gasteiger partial charge is 0.437 e. The third-order valence-electron chi connectivity index (χ3n) is 3.42. The van der Waals surface area contributed by atoms with Crippen molar-refractivity contribution in [1.82, 2.24) is 15.1 Å². The van der Waals surface area contributed by atoms with Crippen molar-refractivity contribution in [2.45, 2.75) is 32.1 Å². The number of carbonyl (C=O) groups excluding carboxylic acids is 2. The molecule has 9 heteroatoms. The molecule has 2 aliphatic rings. The molecule has 8 nitrogen and oxygen atoms in total. The van der Waals surface area contributed by atoms with Gasteiger partial charge in [0, 0.05) is 13.7 Å². The van der Waals surface area contributed by atoms with Crippen LogP contribution in [-0.2, 0) is 14.3 Å². The zero-order chi connectivity index (χ0) is 15.0. The molecular formula is C12H16N4O4S. The van der Waals surface area contributed by atoms with Crippen molar-refractivity contribution < 1.29 is 19.1 Å². The SMILES string of the molecule is Cc1nnc(N2C(=O)N(C)CC2OC(=O)C2CCCO2)s1. The van der Waals surface area contributed by atoms with Gasteiger partial charge in [-0.1, -0.05) is 11.3 Å². The zero-order valence-corrected chi connectivity index (χ0v) is 12.6. The van der Waals surface area contributed by atoms with Crippen LogP contribution in [0.5, 0.6) is 0 Å². The van der Waals surface area contributed by atoms with E-state index in [4.69, 9.17) is 9.47 Å². The Morgan fingerprint density at radius 3 is 2.90 bits per heavy atom. The number of rotatable bonds is 3. The molecule has 0 N–H and O–H groups in total. The van der Waals surface area contributed by atoms with Crippen molar-refractivity contribution in [3.63, 3.8) is 0 Å². The molecule has 0 bridgehead atoms. The van der Waals surface area contributed by atoms with Crippen molar-refractivity contribution in [3.05, 3.63) is 5.01 Å². The number of esters is 1. The Bertz CT molecular complexity index is 557. The summed E-state index contributed by atoms with van der Waals surface area (Å²) in [5, 5.41) is 9.05. The monoisotopic (exact) mass is 312 g/mol. The van der Waals surface area contributed by atoms with Gasteiger partial charge in [0.05, 0.1) is 6.54 Å². The summed E-state index contributed by atoms with van der Waals surface area (Å²) in [6, 6.07) is -0.253. The van der Waals surface area contributed by atoms with E-state index in [1.54, 1.807) is 14.0 Å². The van der Waals surface area contributed by atoms with Crippen LogP contribution in [0.4, 0.5) is 9.93 Å². The molecule has 0 radical (unpaired) electrons. The fraction of sp³-hybridized carbons (Fsp3) is 0.667. The number of carbonyl (C=O) groups is 2. The van der Waals surface area contributed by atoms with Crippen LogP contribution in [0, 0.1) is 6.92 Å². The van der Waals surface area contributed by atoms with Gasteiger partial charge in [0.1, 0.15) is 5.01 Å². The highest BCUT2D eigenvalue weighted by atomic mass is 32.1. The summed E-state index contributed by atoms with van der Waals surface area (Å²) < 4.78 is 10.8. The molecule has 1 aromatic heterocycles. The van der Waals surface area contributed by atoms with Gasteiger partial charge in [0.25, 0.3) is 0 Å². The van der Waals surface area contributed by atoms with Crippen molar-refractivity contribution in [2.24, 2.45) is 0 Å². The molecule has 0 spiro atoms. The standard InChI is InChI=1S/C12H16N4O4S/c1-7-13-14-11(21-7)16-9(6-15(2)12(16)18)20-10(17)8-4-3-5-19-8/h8-9H,3-6H2,1-2H3. The lowest BCUT2D eigenvalue weighted by Gasteiger charge is -2.21.